The average molecular weight is 404 g/mol. The molecule has 2 radical (unpaired) electrons. The van der Waals surface area contributed by atoms with Crippen LogP contribution in [0.15, 0.2) is 24.3 Å². The summed E-state index contributed by atoms with van der Waals surface area (Å²) >= 11 is 0. The molecule has 2 atom stereocenters. The van der Waals surface area contributed by atoms with Gasteiger partial charge < -0.3 is 19.7 Å². The van der Waals surface area contributed by atoms with E-state index in [0.29, 0.717) is 13.0 Å². The Morgan fingerprint density at radius 2 is 1.66 bits per heavy atom. The Morgan fingerprint density at radius 3 is 2.00 bits per heavy atom. The van der Waals surface area contributed by atoms with Gasteiger partial charge in [0.1, 0.15) is 7.85 Å². The van der Waals surface area contributed by atoms with E-state index in [1.54, 1.807) is 27.7 Å². The number of esters is 1. The smallest absolute Gasteiger partial charge is 0.308 e. The monoisotopic (exact) mass is 404 g/mol. The molecule has 1 saturated heterocycles. The van der Waals surface area contributed by atoms with Crippen LogP contribution in [0.4, 0.5) is 0 Å². The molecule has 2 N–H and O–H groups in total. The SMILES string of the molecule is CC(C)(O)C(C)(C)O.[B]c1ccc(C2(C)CCC(CC)(CC(=O)OC)OC2)cc1. The first kappa shape index (κ1) is 25.7. The summed E-state index contributed by atoms with van der Waals surface area (Å²) in [7, 11) is 7.18. The number of aliphatic hydroxyl groups is 2. The van der Waals surface area contributed by atoms with Crippen molar-refractivity contribution in [3.63, 3.8) is 0 Å². The molecule has 1 fully saturated rings. The molecular weight excluding hydrogens is 367 g/mol. The molecule has 1 aromatic carbocycles. The maximum absolute atomic E-state index is 11.6. The highest BCUT2D eigenvalue weighted by atomic mass is 16.5. The molecule has 6 heteroatoms. The van der Waals surface area contributed by atoms with Gasteiger partial charge in [0.05, 0.1) is 36.9 Å². The maximum Gasteiger partial charge on any atom is 0.308 e. The van der Waals surface area contributed by atoms with Gasteiger partial charge in [-0.25, -0.2) is 0 Å². The number of methoxy groups -OCH3 is 1. The third-order valence-corrected chi connectivity index (χ3v) is 6.27. The van der Waals surface area contributed by atoms with Gasteiger partial charge in [-0.1, -0.05) is 43.6 Å². The predicted molar refractivity (Wildman–Crippen MR) is 117 cm³/mol. The lowest BCUT2D eigenvalue weighted by molar-refractivity contribution is -0.158. The third kappa shape index (κ3) is 7.12. The van der Waals surface area contributed by atoms with E-state index >= 15 is 0 Å². The summed E-state index contributed by atoms with van der Waals surface area (Å²) in [5.74, 6) is -0.201. The van der Waals surface area contributed by atoms with E-state index in [1.165, 1.54) is 12.7 Å². The Morgan fingerprint density at radius 1 is 1.14 bits per heavy atom. The van der Waals surface area contributed by atoms with Gasteiger partial charge in [-0.3, -0.25) is 4.79 Å². The number of ether oxygens (including phenoxy) is 2. The van der Waals surface area contributed by atoms with E-state index in [-0.39, 0.29) is 17.0 Å². The summed E-state index contributed by atoms with van der Waals surface area (Å²) in [4.78, 5) is 11.6. The Bertz CT molecular complexity index is 635. The molecule has 0 amide bonds. The van der Waals surface area contributed by atoms with Gasteiger partial charge in [0.2, 0.25) is 0 Å². The van der Waals surface area contributed by atoms with Crippen LogP contribution in [0.3, 0.4) is 0 Å². The van der Waals surface area contributed by atoms with Gasteiger partial charge in [-0.05, 0) is 52.5 Å². The molecule has 1 heterocycles. The summed E-state index contributed by atoms with van der Waals surface area (Å²) in [6.45, 7) is 11.2. The van der Waals surface area contributed by atoms with Crippen LogP contribution in [0.5, 0.6) is 0 Å². The van der Waals surface area contributed by atoms with E-state index in [1.807, 2.05) is 12.1 Å². The first-order chi connectivity index (χ1) is 13.2. The highest BCUT2D eigenvalue weighted by Crippen LogP contribution is 2.41. The third-order valence-electron chi connectivity index (χ3n) is 6.27. The largest absolute Gasteiger partial charge is 0.469 e. The molecule has 2 rings (SSSR count). The van der Waals surface area contributed by atoms with Crippen LogP contribution in [-0.2, 0) is 19.7 Å². The van der Waals surface area contributed by atoms with Crippen molar-refractivity contribution < 1.29 is 24.5 Å². The standard InChI is InChI=1S/C17H23BO3.C6H14O2/c1-4-17(11-15(19)20-3)10-9-16(2,12-21-17)13-5-7-14(18)8-6-13;1-5(2,7)6(3,4)8/h5-8H,4,9-12H2,1-3H3;7-8H,1-4H3. The first-order valence-corrected chi connectivity index (χ1v) is 10.2. The van der Waals surface area contributed by atoms with Crippen molar-refractivity contribution in [2.45, 2.75) is 89.4 Å². The molecule has 29 heavy (non-hydrogen) atoms. The zero-order chi connectivity index (χ0) is 22.5. The van der Waals surface area contributed by atoms with Crippen molar-refractivity contribution in [3.8, 4) is 0 Å². The van der Waals surface area contributed by atoms with Crippen LogP contribution in [0.1, 0.15) is 72.8 Å². The van der Waals surface area contributed by atoms with Gasteiger partial charge >= 0.3 is 5.97 Å². The average Bonchev–Trinajstić information content (AvgIpc) is 2.63. The zero-order valence-electron chi connectivity index (χ0n) is 19.0. The summed E-state index contributed by atoms with van der Waals surface area (Å²) in [5, 5.41) is 18.2. The number of hydrogen-bond donors (Lipinski definition) is 2. The zero-order valence-corrected chi connectivity index (χ0v) is 19.0. The lowest BCUT2D eigenvalue weighted by atomic mass is 9.72. The van der Waals surface area contributed by atoms with Gasteiger partial charge in [0.25, 0.3) is 0 Å². The Balaban J connectivity index is 0.000000447. The van der Waals surface area contributed by atoms with Crippen molar-refractivity contribution >= 4 is 19.3 Å². The van der Waals surface area contributed by atoms with Gasteiger partial charge in [-0.2, -0.15) is 0 Å². The maximum atomic E-state index is 11.6. The van der Waals surface area contributed by atoms with Crippen molar-refractivity contribution in [3.05, 3.63) is 29.8 Å². The fourth-order valence-electron chi connectivity index (χ4n) is 2.95. The van der Waals surface area contributed by atoms with E-state index < -0.39 is 11.2 Å². The normalized spacial score (nSPS) is 25.0. The Labute approximate surface area is 177 Å². The van der Waals surface area contributed by atoms with E-state index in [4.69, 9.17) is 27.5 Å². The van der Waals surface area contributed by atoms with E-state index in [9.17, 15) is 4.79 Å². The fraction of sp³-hybridized carbons (Fsp3) is 0.696. The van der Waals surface area contributed by atoms with Crippen LogP contribution >= 0.6 is 0 Å². The summed E-state index contributed by atoms with van der Waals surface area (Å²) in [5.41, 5.74) is -0.407. The van der Waals surface area contributed by atoms with Crippen molar-refractivity contribution in [1.29, 1.82) is 0 Å². The Hall–Kier alpha value is -1.37. The van der Waals surface area contributed by atoms with Gasteiger partial charge in [0, 0.05) is 5.41 Å². The van der Waals surface area contributed by atoms with Crippen LogP contribution in [0.2, 0.25) is 0 Å². The van der Waals surface area contributed by atoms with Crippen molar-refractivity contribution in [2.75, 3.05) is 13.7 Å². The fourth-order valence-corrected chi connectivity index (χ4v) is 2.95. The molecule has 0 saturated carbocycles. The second-order valence-corrected chi connectivity index (χ2v) is 9.38. The molecule has 2 unspecified atom stereocenters. The molecule has 0 spiro atoms. The molecule has 162 valence electrons. The number of carbonyl (C=O) groups excluding carboxylic acids is 1. The quantitative estimate of drug-likeness (QED) is 0.583. The second-order valence-electron chi connectivity index (χ2n) is 9.38. The number of carbonyl (C=O) groups is 1. The number of hydrogen-bond acceptors (Lipinski definition) is 5. The molecule has 0 bridgehead atoms. The minimum absolute atomic E-state index is 0.0253. The number of benzene rings is 1. The molecule has 1 aliphatic heterocycles. The first-order valence-electron chi connectivity index (χ1n) is 10.2. The van der Waals surface area contributed by atoms with Crippen LogP contribution < -0.4 is 5.46 Å². The molecular formula is C23H37BO5. The second kappa shape index (κ2) is 9.63. The van der Waals surface area contributed by atoms with E-state index in [0.717, 1.165) is 24.7 Å². The molecule has 0 aliphatic carbocycles. The van der Waals surface area contributed by atoms with E-state index in [2.05, 4.69) is 26.0 Å². The lowest BCUT2D eigenvalue weighted by Gasteiger charge is -2.44. The van der Waals surface area contributed by atoms with Crippen LogP contribution in [-0.4, -0.2) is 54.5 Å². The predicted octanol–water partition coefficient (Wildman–Crippen LogP) is 2.79. The molecule has 0 aromatic heterocycles. The molecule has 1 aliphatic rings. The minimum atomic E-state index is -1.01. The van der Waals surface area contributed by atoms with Crippen molar-refractivity contribution in [2.24, 2.45) is 0 Å². The number of rotatable bonds is 5. The van der Waals surface area contributed by atoms with Gasteiger partial charge in [-0.15, -0.1) is 0 Å². The highest BCUT2D eigenvalue weighted by Gasteiger charge is 2.42. The molecule has 1 aromatic rings. The topological polar surface area (TPSA) is 76.0 Å². The Kier molecular flexibility index (Phi) is 8.52. The van der Waals surface area contributed by atoms with Gasteiger partial charge in [0.15, 0.2) is 0 Å². The summed E-state index contributed by atoms with van der Waals surface area (Å²) in [6.07, 6.45) is 3.00. The highest BCUT2D eigenvalue weighted by molar-refractivity contribution is 6.32. The summed E-state index contributed by atoms with van der Waals surface area (Å²) < 4.78 is 11.0. The molecule has 5 nitrogen and oxygen atoms in total. The van der Waals surface area contributed by atoms with Crippen LogP contribution in [0.25, 0.3) is 0 Å². The minimum Gasteiger partial charge on any atom is -0.469 e. The summed E-state index contributed by atoms with van der Waals surface area (Å²) in [6, 6.07) is 7.99. The van der Waals surface area contributed by atoms with Crippen molar-refractivity contribution in [1.82, 2.24) is 0 Å². The lowest BCUT2D eigenvalue weighted by Crippen LogP contribution is -2.46. The van der Waals surface area contributed by atoms with Crippen LogP contribution in [0, 0.1) is 0 Å².